The summed E-state index contributed by atoms with van der Waals surface area (Å²) in [4.78, 5) is 15.5. The van der Waals surface area contributed by atoms with Gasteiger partial charge in [0.1, 0.15) is 18.0 Å². The maximum atomic E-state index is 13.1. The molecule has 0 spiro atoms. The van der Waals surface area contributed by atoms with Crippen molar-refractivity contribution in [2.45, 2.75) is 43.9 Å². The number of ketones is 1. The lowest BCUT2D eigenvalue weighted by molar-refractivity contribution is 0.0442. The van der Waals surface area contributed by atoms with Crippen LogP contribution in [0.15, 0.2) is 66.7 Å². The molecule has 0 radical (unpaired) electrons. The fourth-order valence-corrected chi connectivity index (χ4v) is 5.87. The maximum absolute atomic E-state index is 13.1. The molecule has 0 saturated heterocycles. The van der Waals surface area contributed by atoms with Crippen LogP contribution in [0.3, 0.4) is 0 Å². The Morgan fingerprint density at radius 2 is 1.74 bits per heavy atom. The SMILES string of the molecule is O=C1c2cc(-c3ccccc3)sc2CCC1CN[C@@H]1CC[C@@H](Oc2ccccc2)[C@@H]1O. The molecule has 1 fully saturated rings. The van der Waals surface area contributed by atoms with Crippen LogP contribution in [-0.2, 0) is 6.42 Å². The fourth-order valence-electron chi connectivity index (χ4n) is 4.68. The van der Waals surface area contributed by atoms with Crippen LogP contribution >= 0.6 is 11.3 Å². The molecule has 1 heterocycles. The summed E-state index contributed by atoms with van der Waals surface area (Å²) in [6, 6.07) is 21.9. The van der Waals surface area contributed by atoms with Gasteiger partial charge in [-0.15, -0.1) is 11.3 Å². The number of hydrogen-bond acceptors (Lipinski definition) is 5. The van der Waals surface area contributed by atoms with E-state index in [0.717, 1.165) is 37.0 Å². The summed E-state index contributed by atoms with van der Waals surface area (Å²) in [5, 5.41) is 14.2. The molecule has 0 amide bonds. The zero-order chi connectivity index (χ0) is 21.2. The van der Waals surface area contributed by atoms with Gasteiger partial charge in [0, 0.05) is 33.8 Å². The van der Waals surface area contributed by atoms with E-state index in [1.54, 1.807) is 11.3 Å². The third-order valence-electron chi connectivity index (χ3n) is 6.44. The third-order valence-corrected chi connectivity index (χ3v) is 7.68. The molecule has 4 nitrogen and oxygen atoms in total. The highest BCUT2D eigenvalue weighted by Gasteiger charge is 2.37. The van der Waals surface area contributed by atoms with E-state index in [1.807, 2.05) is 48.5 Å². The molecule has 1 unspecified atom stereocenters. The van der Waals surface area contributed by atoms with Crippen molar-refractivity contribution >= 4 is 17.1 Å². The van der Waals surface area contributed by atoms with Crippen molar-refractivity contribution in [3.8, 4) is 16.2 Å². The van der Waals surface area contributed by atoms with Crippen molar-refractivity contribution in [3.63, 3.8) is 0 Å². The van der Waals surface area contributed by atoms with E-state index in [-0.39, 0.29) is 23.8 Å². The lowest BCUT2D eigenvalue weighted by Crippen LogP contribution is -2.44. The largest absolute Gasteiger partial charge is 0.488 e. The monoisotopic (exact) mass is 433 g/mol. The van der Waals surface area contributed by atoms with E-state index in [1.165, 1.54) is 15.3 Å². The number of carbonyl (C=O) groups excluding carboxylic acids is 1. The summed E-state index contributed by atoms with van der Waals surface area (Å²) >= 11 is 1.74. The first-order valence-electron chi connectivity index (χ1n) is 11.0. The molecule has 5 heteroatoms. The first kappa shape index (κ1) is 20.4. The van der Waals surface area contributed by atoms with Gasteiger partial charge < -0.3 is 15.2 Å². The molecule has 2 aliphatic rings. The number of rotatable bonds is 6. The average Bonchev–Trinajstić information content (AvgIpc) is 3.39. The number of fused-ring (bicyclic) bond motifs is 1. The number of aliphatic hydroxyl groups excluding tert-OH is 1. The van der Waals surface area contributed by atoms with E-state index in [0.29, 0.717) is 6.54 Å². The number of nitrogens with one attached hydrogen (secondary N) is 1. The Morgan fingerprint density at radius 1 is 1.00 bits per heavy atom. The van der Waals surface area contributed by atoms with Crippen molar-refractivity contribution in [1.29, 1.82) is 0 Å². The summed E-state index contributed by atoms with van der Waals surface area (Å²) < 4.78 is 5.97. The molecule has 2 aromatic carbocycles. The van der Waals surface area contributed by atoms with Gasteiger partial charge >= 0.3 is 0 Å². The van der Waals surface area contributed by atoms with Crippen molar-refractivity contribution in [2.75, 3.05) is 6.54 Å². The van der Waals surface area contributed by atoms with E-state index in [9.17, 15) is 9.90 Å². The number of ether oxygens (including phenoxy) is 1. The van der Waals surface area contributed by atoms with Crippen molar-refractivity contribution < 1.29 is 14.6 Å². The number of aryl methyl sites for hydroxylation is 1. The van der Waals surface area contributed by atoms with Gasteiger partial charge in [0.25, 0.3) is 0 Å². The number of para-hydroxylation sites is 1. The smallest absolute Gasteiger partial charge is 0.168 e. The predicted octanol–water partition coefficient (Wildman–Crippen LogP) is 4.72. The standard InChI is InChI=1S/C26H27NO3S/c28-25-18(11-14-23-20(25)15-24(31-23)17-7-3-1-4-8-17)16-27-21-12-13-22(26(21)29)30-19-9-5-2-6-10-19/h1-10,15,18,21-22,26-27,29H,11-14,16H2/t18?,21-,22-,26-/m1/s1. The Morgan fingerprint density at radius 3 is 2.52 bits per heavy atom. The van der Waals surface area contributed by atoms with E-state index < -0.39 is 6.10 Å². The van der Waals surface area contributed by atoms with Gasteiger partial charge in [-0.2, -0.15) is 0 Å². The van der Waals surface area contributed by atoms with Crippen LogP contribution in [0.4, 0.5) is 0 Å². The van der Waals surface area contributed by atoms with Gasteiger partial charge in [0.05, 0.1) is 0 Å². The highest BCUT2D eigenvalue weighted by Crippen LogP contribution is 2.37. The van der Waals surface area contributed by atoms with Crippen LogP contribution in [0.2, 0.25) is 0 Å². The minimum absolute atomic E-state index is 0.0352. The van der Waals surface area contributed by atoms with Crippen molar-refractivity contribution in [2.24, 2.45) is 5.92 Å². The van der Waals surface area contributed by atoms with Crippen LogP contribution in [-0.4, -0.2) is 35.7 Å². The van der Waals surface area contributed by atoms with E-state index >= 15 is 0 Å². The van der Waals surface area contributed by atoms with E-state index in [4.69, 9.17) is 4.74 Å². The van der Waals surface area contributed by atoms with Crippen molar-refractivity contribution in [3.05, 3.63) is 77.2 Å². The second-order valence-corrected chi connectivity index (χ2v) is 9.60. The lowest BCUT2D eigenvalue weighted by Gasteiger charge is -2.25. The quantitative estimate of drug-likeness (QED) is 0.591. The van der Waals surface area contributed by atoms with Crippen LogP contribution in [0.25, 0.3) is 10.4 Å². The van der Waals surface area contributed by atoms with Gasteiger partial charge in [-0.1, -0.05) is 48.5 Å². The summed E-state index contributed by atoms with van der Waals surface area (Å²) in [5.41, 5.74) is 2.06. The number of thiophene rings is 1. The van der Waals surface area contributed by atoms with Crippen LogP contribution in [0, 0.1) is 5.92 Å². The topological polar surface area (TPSA) is 58.6 Å². The number of carbonyl (C=O) groups is 1. The molecule has 160 valence electrons. The highest BCUT2D eigenvalue weighted by molar-refractivity contribution is 7.15. The molecule has 0 bridgehead atoms. The molecule has 1 aromatic heterocycles. The number of Topliss-reactive ketones (excluding diaryl/α,β-unsaturated/α-hetero) is 1. The zero-order valence-corrected chi connectivity index (χ0v) is 18.2. The molecular formula is C26H27NO3S. The highest BCUT2D eigenvalue weighted by atomic mass is 32.1. The Balaban J connectivity index is 1.19. The molecule has 31 heavy (non-hydrogen) atoms. The number of aliphatic hydroxyl groups is 1. The first-order valence-corrected chi connectivity index (χ1v) is 11.9. The van der Waals surface area contributed by atoms with Gasteiger partial charge in [-0.25, -0.2) is 0 Å². The first-order chi connectivity index (χ1) is 15.2. The van der Waals surface area contributed by atoms with Gasteiger partial charge in [0.15, 0.2) is 5.78 Å². The Kier molecular flexibility index (Phi) is 5.90. The zero-order valence-electron chi connectivity index (χ0n) is 17.4. The Bertz CT molecular complexity index is 1030. The molecule has 5 rings (SSSR count). The van der Waals surface area contributed by atoms with Gasteiger partial charge in [-0.3, -0.25) is 4.79 Å². The molecule has 2 N–H and O–H groups in total. The summed E-state index contributed by atoms with van der Waals surface area (Å²) in [6.45, 7) is 0.606. The van der Waals surface area contributed by atoms with Gasteiger partial charge in [-0.05, 0) is 49.4 Å². The molecule has 4 atom stereocenters. The van der Waals surface area contributed by atoms with Crippen molar-refractivity contribution in [1.82, 2.24) is 5.32 Å². The van der Waals surface area contributed by atoms with Crippen LogP contribution < -0.4 is 10.1 Å². The lowest BCUT2D eigenvalue weighted by atomic mass is 9.86. The second-order valence-electron chi connectivity index (χ2n) is 8.47. The summed E-state index contributed by atoms with van der Waals surface area (Å²) in [6.07, 6.45) is 2.68. The molecule has 0 aliphatic heterocycles. The Labute approximate surface area is 186 Å². The minimum atomic E-state index is -0.569. The van der Waals surface area contributed by atoms with Gasteiger partial charge in [0.2, 0.25) is 0 Å². The molecular weight excluding hydrogens is 406 g/mol. The summed E-state index contributed by atoms with van der Waals surface area (Å²) in [7, 11) is 0. The molecule has 3 aromatic rings. The minimum Gasteiger partial charge on any atom is -0.488 e. The maximum Gasteiger partial charge on any atom is 0.168 e. The van der Waals surface area contributed by atoms with Crippen LogP contribution in [0.5, 0.6) is 5.75 Å². The molecule has 1 saturated carbocycles. The normalized spacial score (nSPS) is 25.4. The fraction of sp³-hybridized carbons (Fsp3) is 0.346. The third kappa shape index (κ3) is 4.31. The Hall–Kier alpha value is -2.47. The predicted molar refractivity (Wildman–Crippen MR) is 124 cm³/mol. The number of benzene rings is 2. The number of hydrogen-bond donors (Lipinski definition) is 2. The second kappa shape index (κ2) is 8.95. The van der Waals surface area contributed by atoms with E-state index in [2.05, 4.69) is 23.5 Å². The average molecular weight is 434 g/mol. The summed E-state index contributed by atoms with van der Waals surface area (Å²) in [5.74, 6) is 0.984. The van der Waals surface area contributed by atoms with Crippen LogP contribution in [0.1, 0.15) is 34.5 Å². The molecule has 2 aliphatic carbocycles.